The van der Waals surface area contributed by atoms with Crippen LogP contribution in [0, 0.1) is 5.92 Å². The van der Waals surface area contributed by atoms with Gasteiger partial charge in [-0.25, -0.2) is 0 Å². The van der Waals surface area contributed by atoms with E-state index in [1.54, 1.807) is 12.1 Å². The Kier molecular flexibility index (Phi) is 5.91. The summed E-state index contributed by atoms with van der Waals surface area (Å²) in [7, 11) is 0. The molecule has 0 fully saturated rings. The molecule has 1 amide bonds. The molecule has 122 valence electrons. The Hall–Kier alpha value is -1.46. The predicted octanol–water partition coefficient (Wildman–Crippen LogP) is 2.14. The standard InChI is InChI=1S/C16H23ClN2O3/c1-10(2)5-12(9-18)19-15(20)8-11-6-13(17)16-14(7-11)21-3-4-22-16/h6-7,10,12H,3-5,8-9,18H2,1-2H3,(H,19,20). The second-order valence-electron chi connectivity index (χ2n) is 5.91. The minimum Gasteiger partial charge on any atom is -0.486 e. The van der Waals surface area contributed by atoms with Gasteiger partial charge in [0.25, 0.3) is 0 Å². The van der Waals surface area contributed by atoms with Crippen LogP contribution in [0.1, 0.15) is 25.8 Å². The lowest BCUT2D eigenvalue weighted by Gasteiger charge is -2.21. The first kappa shape index (κ1) is 16.9. The van der Waals surface area contributed by atoms with Gasteiger partial charge >= 0.3 is 0 Å². The van der Waals surface area contributed by atoms with Crippen LogP contribution in [0.25, 0.3) is 0 Å². The number of benzene rings is 1. The molecule has 22 heavy (non-hydrogen) atoms. The van der Waals surface area contributed by atoms with Gasteiger partial charge in [0, 0.05) is 12.6 Å². The topological polar surface area (TPSA) is 73.6 Å². The third-order valence-corrected chi connectivity index (χ3v) is 3.71. The third-order valence-electron chi connectivity index (χ3n) is 3.43. The van der Waals surface area contributed by atoms with Crippen molar-refractivity contribution in [3.05, 3.63) is 22.7 Å². The van der Waals surface area contributed by atoms with Gasteiger partial charge in [-0.05, 0) is 30.0 Å². The van der Waals surface area contributed by atoms with E-state index in [1.807, 2.05) is 0 Å². The van der Waals surface area contributed by atoms with Crippen LogP contribution in [0.4, 0.5) is 0 Å². The molecule has 0 saturated heterocycles. The van der Waals surface area contributed by atoms with Crippen LogP contribution < -0.4 is 20.5 Å². The lowest BCUT2D eigenvalue weighted by Crippen LogP contribution is -2.41. The third kappa shape index (κ3) is 4.52. The van der Waals surface area contributed by atoms with Gasteiger partial charge < -0.3 is 20.5 Å². The zero-order valence-corrected chi connectivity index (χ0v) is 13.8. The molecule has 0 bridgehead atoms. The van der Waals surface area contributed by atoms with Crippen molar-refractivity contribution in [1.82, 2.24) is 5.32 Å². The summed E-state index contributed by atoms with van der Waals surface area (Å²) in [5, 5.41) is 3.44. The smallest absolute Gasteiger partial charge is 0.224 e. The number of halogens is 1. The van der Waals surface area contributed by atoms with Crippen molar-refractivity contribution < 1.29 is 14.3 Å². The van der Waals surface area contributed by atoms with Gasteiger partial charge in [-0.15, -0.1) is 0 Å². The summed E-state index contributed by atoms with van der Waals surface area (Å²) < 4.78 is 11.0. The van der Waals surface area contributed by atoms with Crippen molar-refractivity contribution in [3.8, 4) is 11.5 Å². The summed E-state index contributed by atoms with van der Waals surface area (Å²) in [4.78, 5) is 12.2. The van der Waals surface area contributed by atoms with Gasteiger partial charge in [0.15, 0.2) is 11.5 Å². The predicted molar refractivity (Wildman–Crippen MR) is 86.6 cm³/mol. The molecule has 3 N–H and O–H groups in total. The number of fused-ring (bicyclic) bond motifs is 1. The Morgan fingerprint density at radius 1 is 1.36 bits per heavy atom. The number of carbonyl (C=O) groups is 1. The van der Waals surface area contributed by atoms with Gasteiger partial charge in [0.05, 0.1) is 11.4 Å². The van der Waals surface area contributed by atoms with E-state index >= 15 is 0 Å². The number of hydrogen-bond acceptors (Lipinski definition) is 4. The van der Waals surface area contributed by atoms with Crippen molar-refractivity contribution in [3.63, 3.8) is 0 Å². The summed E-state index contributed by atoms with van der Waals surface area (Å²) in [6.45, 7) is 5.62. The van der Waals surface area contributed by atoms with Crippen molar-refractivity contribution >= 4 is 17.5 Å². The molecule has 1 atom stereocenters. The number of rotatable bonds is 6. The van der Waals surface area contributed by atoms with E-state index in [-0.39, 0.29) is 18.4 Å². The fourth-order valence-electron chi connectivity index (χ4n) is 2.51. The van der Waals surface area contributed by atoms with Crippen LogP contribution in [0.15, 0.2) is 12.1 Å². The van der Waals surface area contributed by atoms with Gasteiger partial charge in [-0.2, -0.15) is 0 Å². The highest BCUT2D eigenvalue weighted by atomic mass is 35.5. The van der Waals surface area contributed by atoms with Crippen molar-refractivity contribution in [1.29, 1.82) is 0 Å². The molecule has 1 aliphatic rings. The quantitative estimate of drug-likeness (QED) is 0.840. The maximum Gasteiger partial charge on any atom is 0.224 e. The van der Waals surface area contributed by atoms with Gasteiger partial charge in [-0.1, -0.05) is 25.4 Å². The molecule has 0 aromatic heterocycles. The highest BCUT2D eigenvalue weighted by molar-refractivity contribution is 6.32. The summed E-state index contributed by atoms with van der Waals surface area (Å²) in [5.41, 5.74) is 6.50. The number of hydrogen-bond donors (Lipinski definition) is 2. The Balaban J connectivity index is 2.01. The highest BCUT2D eigenvalue weighted by Crippen LogP contribution is 2.38. The largest absolute Gasteiger partial charge is 0.486 e. The van der Waals surface area contributed by atoms with E-state index in [0.29, 0.717) is 42.2 Å². The molecular formula is C16H23ClN2O3. The van der Waals surface area contributed by atoms with Crippen molar-refractivity contribution in [2.45, 2.75) is 32.7 Å². The first-order valence-electron chi connectivity index (χ1n) is 7.57. The Bertz CT molecular complexity index is 534. The molecular weight excluding hydrogens is 304 g/mol. The monoisotopic (exact) mass is 326 g/mol. The van der Waals surface area contributed by atoms with Crippen LogP contribution >= 0.6 is 11.6 Å². The molecule has 1 aliphatic heterocycles. The van der Waals surface area contributed by atoms with Crippen molar-refractivity contribution in [2.75, 3.05) is 19.8 Å². The van der Waals surface area contributed by atoms with Crippen LogP contribution in [0.2, 0.25) is 5.02 Å². The fraction of sp³-hybridized carbons (Fsp3) is 0.562. The van der Waals surface area contributed by atoms with Crippen molar-refractivity contribution in [2.24, 2.45) is 11.7 Å². The molecule has 1 aromatic carbocycles. The number of nitrogens with one attached hydrogen (secondary N) is 1. The number of amides is 1. The molecule has 1 heterocycles. The molecule has 1 unspecified atom stereocenters. The lowest BCUT2D eigenvalue weighted by molar-refractivity contribution is -0.121. The minimum atomic E-state index is -0.0659. The molecule has 2 rings (SSSR count). The number of nitrogens with two attached hydrogens (primary N) is 1. The summed E-state index contributed by atoms with van der Waals surface area (Å²) in [5.74, 6) is 1.57. The normalized spacial score (nSPS) is 14.8. The molecule has 6 heteroatoms. The average molecular weight is 327 g/mol. The zero-order chi connectivity index (χ0) is 16.1. The first-order valence-corrected chi connectivity index (χ1v) is 7.94. The van der Waals surface area contributed by atoms with Crippen LogP contribution in [-0.4, -0.2) is 31.7 Å². The molecule has 0 radical (unpaired) electrons. The van der Waals surface area contributed by atoms with E-state index in [4.69, 9.17) is 26.8 Å². The Labute approximate surface area is 136 Å². The maximum atomic E-state index is 12.2. The second-order valence-corrected chi connectivity index (χ2v) is 6.32. The SMILES string of the molecule is CC(C)CC(CN)NC(=O)Cc1cc(Cl)c2c(c1)OCCO2. The first-order chi connectivity index (χ1) is 10.5. The minimum absolute atomic E-state index is 0.000169. The van der Waals surface area contributed by atoms with Gasteiger partial charge in [0.2, 0.25) is 5.91 Å². The number of carbonyl (C=O) groups excluding carboxylic acids is 1. The summed E-state index contributed by atoms with van der Waals surface area (Å²) >= 11 is 6.18. The lowest BCUT2D eigenvalue weighted by atomic mass is 10.0. The van der Waals surface area contributed by atoms with Crippen LogP contribution in [0.3, 0.4) is 0 Å². The second kappa shape index (κ2) is 7.70. The average Bonchev–Trinajstić information content (AvgIpc) is 2.46. The molecule has 5 nitrogen and oxygen atoms in total. The Morgan fingerprint density at radius 3 is 2.77 bits per heavy atom. The van der Waals surface area contributed by atoms with E-state index in [1.165, 1.54) is 0 Å². The Morgan fingerprint density at radius 2 is 2.09 bits per heavy atom. The zero-order valence-electron chi connectivity index (χ0n) is 13.0. The highest BCUT2D eigenvalue weighted by Gasteiger charge is 2.18. The van der Waals surface area contributed by atoms with E-state index < -0.39 is 0 Å². The fourth-order valence-corrected chi connectivity index (χ4v) is 2.80. The van der Waals surface area contributed by atoms with E-state index in [9.17, 15) is 4.79 Å². The summed E-state index contributed by atoms with van der Waals surface area (Å²) in [6, 6.07) is 3.55. The van der Waals surface area contributed by atoms with E-state index in [2.05, 4.69) is 19.2 Å². The number of ether oxygens (including phenoxy) is 2. The van der Waals surface area contributed by atoms with Gasteiger partial charge in [-0.3, -0.25) is 4.79 Å². The van der Waals surface area contributed by atoms with Gasteiger partial charge in [0.1, 0.15) is 13.2 Å². The van der Waals surface area contributed by atoms with E-state index in [0.717, 1.165) is 12.0 Å². The molecule has 0 saturated carbocycles. The van der Waals surface area contributed by atoms with Crippen LogP contribution in [0.5, 0.6) is 11.5 Å². The molecule has 0 spiro atoms. The molecule has 0 aliphatic carbocycles. The molecule has 1 aromatic rings. The van der Waals surface area contributed by atoms with Crippen LogP contribution in [-0.2, 0) is 11.2 Å². The maximum absolute atomic E-state index is 12.2. The summed E-state index contributed by atoms with van der Waals surface area (Å²) in [6.07, 6.45) is 1.11.